The maximum Gasteiger partial charge on any atom is 0.329 e. The summed E-state index contributed by atoms with van der Waals surface area (Å²) >= 11 is 0. The van der Waals surface area contributed by atoms with Crippen LogP contribution in [0.5, 0.6) is 0 Å². The van der Waals surface area contributed by atoms with Gasteiger partial charge >= 0.3 is 5.97 Å². The first-order valence-electron chi connectivity index (χ1n) is 6.92. The van der Waals surface area contributed by atoms with Gasteiger partial charge in [0.05, 0.1) is 5.75 Å². The van der Waals surface area contributed by atoms with Gasteiger partial charge in [-0.2, -0.15) is 0 Å². The van der Waals surface area contributed by atoms with Gasteiger partial charge in [0.25, 0.3) is 0 Å². The molecule has 0 aromatic rings. The molecule has 0 radical (unpaired) electrons. The van der Waals surface area contributed by atoms with E-state index in [4.69, 9.17) is 5.11 Å². The number of ether oxygens (including phenoxy) is 1. The van der Waals surface area contributed by atoms with Gasteiger partial charge in [0.15, 0.2) is 0 Å². The summed E-state index contributed by atoms with van der Waals surface area (Å²) < 4.78 is 29.9. The van der Waals surface area contributed by atoms with Crippen LogP contribution in [0.4, 0.5) is 0 Å². The molecule has 21 heavy (non-hydrogen) atoms. The highest BCUT2D eigenvalue weighted by Crippen LogP contribution is 2.15. The zero-order valence-electron chi connectivity index (χ0n) is 12.1. The summed E-state index contributed by atoms with van der Waals surface area (Å²) in [6.07, 6.45) is 1.68. The Balaban J connectivity index is 2.30. The van der Waals surface area contributed by atoms with E-state index in [0.29, 0.717) is 32.4 Å². The van der Waals surface area contributed by atoms with Crippen LogP contribution in [0.2, 0.25) is 0 Å². The summed E-state index contributed by atoms with van der Waals surface area (Å²) in [5.74, 6) is -1.36. The van der Waals surface area contributed by atoms with Crippen molar-refractivity contribution in [3.63, 3.8) is 0 Å². The van der Waals surface area contributed by atoms with Crippen molar-refractivity contribution in [1.82, 2.24) is 9.62 Å². The van der Waals surface area contributed by atoms with E-state index in [0.717, 1.165) is 0 Å². The lowest BCUT2D eigenvalue weighted by Gasteiger charge is -2.31. The minimum absolute atomic E-state index is 0.0981. The molecule has 0 aromatic carbocycles. The molecule has 0 aliphatic carbocycles. The van der Waals surface area contributed by atoms with E-state index in [-0.39, 0.29) is 24.3 Å². The molecule has 1 fully saturated rings. The Bertz CT molecular complexity index is 456. The molecule has 8 nitrogen and oxygen atoms in total. The molecule has 1 heterocycles. The number of sulfonamides is 1. The molecular weight excluding hydrogens is 300 g/mol. The summed E-state index contributed by atoms with van der Waals surface area (Å²) in [7, 11) is -3.18. The highest BCUT2D eigenvalue weighted by Gasteiger charge is 2.27. The van der Waals surface area contributed by atoms with Crippen molar-refractivity contribution in [2.45, 2.75) is 32.2 Å². The smallest absolute Gasteiger partial charge is 0.329 e. The van der Waals surface area contributed by atoms with Gasteiger partial charge in [-0.15, -0.1) is 0 Å². The molecular formula is C12H22N2O6S. The third kappa shape index (κ3) is 6.40. The van der Waals surface area contributed by atoms with E-state index < -0.39 is 22.6 Å². The van der Waals surface area contributed by atoms with Crippen LogP contribution in [0.1, 0.15) is 26.2 Å². The van der Waals surface area contributed by atoms with Crippen molar-refractivity contribution in [3.05, 3.63) is 0 Å². The predicted molar refractivity (Wildman–Crippen MR) is 75.3 cm³/mol. The van der Waals surface area contributed by atoms with Crippen molar-refractivity contribution >= 4 is 21.9 Å². The van der Waals surface area contributed by atoms with Crippen LogP contribution < -0.4 is 5.32 Å². The molecule has 1 aliphatic rings. The highest BCUT2D eigenvalue weighted by atomic mass is 32.2. The van der Waals surface area contributed by atoms with Crippen molar-refractivity contribution in [1.29, 1.82) is 0 Å². The number of carboxylic acids is 1. The van der Waals surface area contributed by atoms with Gasteiger partial charge in [0.2, 0.25) is 15.9 Å². The lowest BCUT2D eigenvalue weighted by molar-refractivity contribution is -0.143. The monoisotopic (exact) mass is 322 g/mol. The van der Waals surface area contributed by atoms with E-state index >= 15 is 0 Å². The molecule has 9 heteroatoms. The number of hydrogen-bond acceptors (Lipinski definition) is 5. The Hall–Kier alpha value is -1.19. The molecule has 0 unspecified atom stereocenters. The fourth-order valence-corrected chi connectivity index (χ4v) is 3.71. The molecule has 0 aromatic heterocycles. The molecule has 0 saturated carbocycles. The van der Waals surface area contributed by atoms with Crippen LogP contribution >= 0.6 is 0 Å². The lowest BCUT2D eigenvalue weighted by atomic mass is 10.1. The van der Waals surface area contributed by atoms with Gasteiger partial charge in [-0.3, -0.25) is 4.79 Å². The molecule has 0 spiro atoms. The normalized spacial score (nSPS) is 17.6. The lowest BCUT2D eigenvalue weighted by Crippen LogP contribution is -2.47. The van der Waals surface area contributed by atoms with Gasteiger partial charge in [-0.1, -0.05) is 6.92 Å². The highest BCUT2D eigenvalue weighted by molar-refractivity contribution is 7.89. The van der Waals surface area contributed by atoms with E-state index in [2.05, 4.69) is 10.1 Å². The zero-order valence-corrected chi connectivity index (χ0v) is 12.9. The maximum absolute atomic E-state index is 11.9. The van der Waals surface area contributed by atoms with Crippen LogP contribution in [0.25, 0.3) is 0 Å². The number of nitrogens with one attached hydrogen (secondary N) is 1. The Morgan fingerprint density at radius 1 is 1.29 bits per heavy atom. The maximum atomic E-state index is 11.9. The summed E-state index contributed by atoms with van der Waals surface area (Å²) in [5.41, 5.74) is 0. The third-order valence-corrected chi connectivity index (χ3v) is 5.21. The number of carboxylic acid groups (broad SMARTS) is 1. The standard InChI is InChI=1S/C12H22N2O6S/c1-2-7-21(18,19)14-5-3-10(4-6-14)13-11(15)8-20-9-12(16)17/h10H,2-9H2,1H3,(H,13,15)(H,16,17). The fourth-order valence-electron chi connectivity index (χ4n) is 2.17. The number of piperidine rings is 1. The SMILES string of the molecule is CCCS(=O)(=O)N1CCC(NC(=O)COCC(=O)O)CC1. The van der Waals surface area contributed by atoms with Gasteiger partial charge in [-0.05, 0) is 19.3 Å². The Labute approximate surface area is 124 Å². The number of aliphatic carboxylic acids is 1. The third-order valence-electron chi connectivity index (χ3n) is 3.13. The van der Waals surface area contributed by atoms with Gasteiger partial charge < -0.3 is 15.2 Å². The topological polar surface area (TPSA) is 113 Å². The molecule has 122 valence electrons. The van der Waals surface area contributed by atoms with Crippen molar-refractivity contribution in [2.24, 2.45) is 0 Å². The minimum atomic E-state index is -3.18. The molecule has 1 saturated heterocycles. The molecule has 2 N–H and O–H groups in total. The molecule has 1 rings (SSSR count). The largest absolute Gasteiger partial charge is 0.480 e. The number of hydrogen-bond donors (Lipinski definition) is 2. The van der Waals surface area contributed by atoms with Crippen LogP contribution in [-0.2, 0) is 24.3 Å². The number of nitrogens with zero attached hydrogens (tertiary/aromatic N) is 1. The Kier molecular flexibility index (Phi) is 7.06. The van der Waals surface area contributed by atoms with Crippen LogP contribution in [-0.4, -0.2) is 67.8 Å². The van der Waals surface area contributed by atoms with E-state index in [1.54, 1.807) is 0 Å². The van der Waals surface area contributed by atoms with Crippen LogP contribution in [0.15, 0.2) is 0 Å². The predicted octanol–water partition coefficient (Wildman–Crippen LogP) is -0.592. The number of amides is 1. The quantitative estimate of drug-likeness (QED) is 0.617. The van der Waals surface area contributed by atoms with Crippen molar-refractivity contribution < 1.29 is 27.9 Å². The summed E-state index contributed by atoms with van der Waals surface area (Å²) in [6, 6.07) is -0.0981. The molecule has 0 bridgehead atoms. The number of carbonyl (C=O) groups is 2. The summed E-state index contributed by atoms with van der Waals surface area (Å²) in [4.78, 5) is 21.7. The van der Waals surface area contributed by atoms with Gasteiger partial charge in [-0.25, -0.2) is 17.5 Å². The van der Waals surface area contributed by atoms with Crippen LogP contribution in [0.3, 0.4) is 0 Å². The van der Waals surface area contributed by atoms with E-state index in [1.165, 1.54) is 4.31 Å². The van der Waals surface area contributed by atoms with Crippen molar-refractivity contribution in [3.8, 4) is 0 Å². The first-order valence-corrected chi connectivity index (χ1v) is 8.52. The second-order valence-corrected chi connectivity index (χ2v) is 7.03. The second kappa shape index (κ2) is 8.30. The first-order chi connectivity index (χ1) is 9.85. The summed E-state index contributed by atoms with van der Waals surface area (Å²) in [5, 5.41) is 11.1. The van der Waals surface area contributed by atoms with Crippen molar-refractivity contribution in [2.75, 3.05) is 32.1 Å². The minimum Gasteiger partial charge on any atom is -0.480 e. The fraction of sp³-hybridized carbons (Fsp3) is 0.833. The van der Waals surface area contributed by atoms with Gasteiger partial charge in [0.1, 0.15) is 13.2 Å². The average Bonchev–Trinajstić information content (AvgIpc) is 2.38. The average molecular weight is 322 g/mol. The second-order valence-electron chi connectivity index (χ2n) is 4.94. The van der Waals surface area contributed by atoms with E-state index in [9.17, 15) is 18.0 Å². The molecule has 0 atom stereocenters. The molecule has 1 amide bonds. The number of rotatable bonds is 8. The number of carbonyl (C=O) groups excluding carboxylic acids is 1. The van der Waals surface area contributed by atoms with Gasteiger partial charge in [0, 0.05) is 19.1 Å². The van der Waals surface area contributed by atoms with E-state index in [1.807, 2.05) is 6.92 Å². The Morgan fingerprint density at radius 3 is 2.43 bits per heavy atom. The molecule has 1 aliphatic heterocycles. The van der Waals surface area contributed by atoms with Crippen LogP contribution in [0, 0.1) is 0 Å². The first kappa shape index (κ1) is 17.9. The summed E-state index contributed by atoms with van der Waals surface area (Å²) in [6.45, 7) is 1.79. The zero-order chi connectivity index (χ0) is 15.9. The Morgan fingerprint density at radius 2 is 1.90 bits per heavy atom.